The van der Waals surface area contributed by atoms with E-state index in [9.17, 15) is 4.79 Å². The van der Waals surface area contributed by atoms with Gasteiger partial charge in [0.2, 0.25) is 0 Å². The summed E-state index contributed by atoms with van der Waals surface area (Å²) in [6.45, 7) is 2.58. The number of carbonyl (C=O) groups is 1. The highest BCUT2D eigenvalue weighted by Gasteiger charge is 2.14. The van der Waals surface area contributed by atoms with Gasteiger partial charge in [-0.2, -0.15) is 0 Å². The SMILES string of the molecule is Cc1cccc(CNC(=O)c2cncc(NC3CCCCC3)c2)c1. The van der Waals surface area contributed by atoms with Crippen LogP contribution in [-0.2, 0) is 6.54 Å². The molecule has 0 atom stereocenters. The smallest absolute Gasteiger partial charge is 0.253 e. The summed E-state index contributed by atoms with van der Waals surface area (Å²) in [6.07, 6.45) is 9.71. The molecule has 4 heteroatoms. The molecule has 4 nitrogen and oxygen atoms in total. The molecular weight excluding hydrogens is 298 g/mol. The maximum Gasteiger partial charge on any atom is 0.253 e. The lowest BCUT2D eigenvalue weighted by atomic mass is 9.95. The van der Waals surface area contributed by atoms with Crippen LogP contribution in [0.25, 0.3) is 0 Å². The van der Waals surface area contributed by atoms with Crippen LogP contribution in [0, 0.1) is 6.92 Å². The van der Waals surface area contributed by atoms with E-state index in [1.165, 1.54) is 37.7 Å². The number of anilines is 1. The van der Waals surface area contributed by atoms with Gasteiger partial charge in [-0.25, -0.2) is 0 Å². The van der Waals surface area contributed by atoms with E-state index in [-0.39, 0.29) is 5.91 Å². The Kier molecular flexibility index (Phi) is 5.47. The molecule has 0 radical (unpaired) electrons. The van der Waals surface area contributed by atoms with Crippen molar-refractivity contribution in [1.82, 2.24) is 10.3 Å². The van der Waals surface area contributed by atoms with Crippen LogP contribution in [0.1, 0.15) is 53.6 Å². The molecule has 0 bridgehead atoms. The third-order valence-corrected chi connectivity index (χ3v) is 4.51. The minimum Gasteiger partial charge on any atom is -0.381 e. The lowest BCUT2D eigenvalue weighted by Crippen LogP contribution is -2.24. The number of aryl methyl sites for hydroxylation is 1. The topological polar surface area (TPSA) is 54.0 Å². The average molecular weight is 323 g/mol. The lowest BCUT2D eigenvalue weighted by Gasteiger charge is -2.23. The van der Waals surface area contributed by atoms with E-state index in [0.717, 1.165) is 11.3 Å². The third kappa shape index (κ3) is 4.57. The first kappa shape index (κ1) is 16.5. The molecule has 24 heavy (non-hydrogen) atoms. The maximum atomic E-state index is 12.4. The van der Waals surface area contributed by atoms with Gasteiger partial charge in [-0.15, -0.1) is 0 Å². The molecule has 1 aromatic carbocycles. The van der Waals surface area contributed by atoms with Crippen LogP contribution in [0.3, 0.4) is 0 Å². The van der Waals surface area contributed by atoms with E-state index >= 15 is 0 Å². The molecule has 0 saturated heterocycles. The van der Waals surface area contributed by atoms with E-state index in [4.69, 9.17) is 0 Å². The predicted molar refractivity (Wildman–Crippen MR) is 97.1 cm³/mol. The minimum atomic E-state index is -0.0868. The number of aromatic nitrogens is 1. The van der Waals surface area contributed by atoms with E-state index in [0.29, 0.717) is 18.2 Å². The third-order valence-electron chi connectivity index (χ3n) is 4.51. The van der Waals surface area contributed by atoms with Crippen molar-refractivity contribution < 1.29 is 4.79 Å². The second-order valence-electron chi connectivity index (χ2n) is 6.61. The number of nitrogens with one attached hydrogen (secondary N) is 2. The zero-order chi connectivity index (χ0) is 16.8. The molecule has 1 fully saturated rings. The lowest BCUT2D eigenvalue weighted by molar-refractivity contribution is 0.0950. The van der Waals surface area contributed by atoms with Crippen LogP contribution < -0.4 is 10.6 Å². The van der Waals surface area contributed by atoms with E-state index in [1.54, 1.807) is 12.4 Å². The first-order valence-electron chi connectivity index (χ1n) is 8.76. The number of hydrogen-bond acceptors (Lipinski definition) is 3. The van der Waals surface area contributed by atoms with E-state index < -0.39 is 0 Å². The van der Waals surface area contributed by atoms with Crippen LogP contribution >= 0.6 is 0 Å². The number of rotatable bonds is 5. The monoisotopic (exact) mass is 323 g/mol. The summed E-state index contributed by atoms with van der Waals surface area (Å²) < 4.78 is 0. The molecule has 1 aliphatic carbocycles. The molecule has 2 aromatic rings. The molecular formula is C20H25N3O. The Labute approximate surface area is 143 Å². The minimum absolute atomic E-state index is 0.0868. The molecule has 126 valence electrons. The van der Waals surface area contributed by atoms with Gasteiger partial charge in [-0.1, -0.05) is 49.1 Å². The van der Waals surface area contributed by atoms with Gasteiger partial charge in [0.05, 0.1) is 11.3 Å². The van der Waals surface area contributed by atoms with Gasteiger partial charge in [0.1, 0.15) is 0 Å². The van der Waals surface area contributed by atoms with Crippen molar-refractivity contribution in [2.24, 2.45) is 0 Å². The molecule has 1 amide bonds. The molecule has 1 heterocycles. The van der Waals surface area contributed by atoms with Gasteiger partial charge in [0.25, 0.3) is 5.91 Å². The van der Waals surface area contributed by atoms with Gasteiger partial charge in [-0.05, 0) is 31.4 Å². The van der Waals surface area contributed by atoms with Gasteiger partial charge in [0.15, 0.2) is 0 Å². The normalized spacial score (nSPS) is 15.0. The van der Waals surface area contributed by atoms with Crippen LogP contribution in [-0.4, -0.2) is 16.9 Å². The fraction of sp³-hybridized carbons (Fsp3) is 0.400. The molecule has 0 aliphatic heterocycles. The number of hydrogen-bond donors (Lipinski definition) is 2. The Morgan fingerprint density at radius 1 is 1.17 bits per heavy atom. The number of benzene rings is 1. The predicted octanol–water partition coefficient (Wildman–Crippen LogP) is 4.06. The summed E-state index contributed by atoms with van der Waals surface area (Å²) in [7, 11) is 0. The summed E-state index contributed by atoms with van der Waals surface area (Å²) >= 11 is 0. The quantitative estimate of drug-likeness (QED) is 0.872. The van der Waals surface area contributed by atoms with Crippen LogP contribution in [0.2, 0.25) is 0 Å². The van der Waals surface area contributed by atoms with Crippen molar-refractivity contribution in [2.45, 2.75) is 51.6 Å². The van der Waals surface area contributed by atoms with Crippen molar-refractivity contribution in [3.63, 3.8) is 0 Å². The fourth-order valence-corrected chi connectivity index (χ4v) is 3.23. The highest BCUT2D eigenvalue weighted by Crippen LogP contribution is 2.21. The Morgan fingerprint density at radius 2 is 2.00 bits per heavy atom. The Morgan fingerprint density at radius 3 is 2.79 bits per heavy atom. The average Bonchev–Trinajstić information content (AvgIpc) is 2.61. The summed E-state index contributed by atoms with van der Waals surface area (Å²) in [5, 5.41) is 6.48. The van der Waals surface area contributed by atoms with Crippen molar-refractivity contribution in [3.8, 4) is 0 Å². The van der Waals surface area contributed by atoms with Crippen molar-refractivity contribution in [1.29, 1.82) is 0 Å². The highest BCUT2D eigenvalue weighted by atomic mass is 16.1. The van der Waals surface area contributed by atoms with Gasteiger partial charge >= 0.3 is 0 Å². The van der Waals surface area contributed by atoms with Crippen LogP contribution in [0.15, 0.2) is 42.7 Å². The van der Waals surface area contributed by atoms with Crippen molar-refractivity contribution in [2.75, 3.05) is 5.32 Å². The summed E-state index contributed by atoms with van der Waals surface area (Å²) in [6, 6.07) is 10.6. The van der Waals surface area contributed by atoms with Crippen LogP contribution in [0.5, 0.6) is 0 Å². The van der Waals surface area contributed by atoms with Gasteiger partial charge in [0, 0.05) is 25.0 Å². The zero-order valence-electron chi connectivity index (χ0n) is 14.2. The molecule has 3 rings (SSSR count). The molecule has 0 unspecified atom stereocenters. The van der Waals surface area contributed by atoms with Crippen LogP contribution in [0.4, 0.5) is 5.69 Å². The Hall–Kier alpha value is -2.36. The number of nitrogens with zero attached hydrogens (tertiary/aromatic N) is 1. The number of carbonyl (C=O) groups excluding carboxylic acids is 1. The van der Waals surface area contributed by atoms with Gasteiger partial charge in [-0.3, -0.25) is 9.78 Å². The molecule has 1 saturated carbocycles. The summed E-state index contributed by atoms with van der Waals surface area (Å²) in [4.78, 5) is 16.6. The summed E-state index contributed by atoms with van der Waals surface area (Å²) in [5.41, 5.74) is 3.84. The Bertz CT molecular complexity index is 693. The Balaban J connectivity index is 1.59. The van der Waals surface area contributed by atoms with Gasteiger partial charge < -0.3 is 10.6 Å². The highest BCUT2D eigenvalue weighted by molar-refractivity contribution is 5.94. The number of pyridine rings is 1. The van der Waals surface area contributed by atoms with E-state index in [1.807, 2.05) is 18.2 Å². The number of amides is 1. The molecule has 1 aromatic heterocycles. The van der Waals surface area contributed by atoms with Crippen molar-refractivity contribution >= 4 is 11.6 Å². The molecule has 2 N–H and O–H groups in total. The van der Waals surface area contributed by atoms with E-state index in [2.05, 4.69) is 34.7 Å². The first-order chi connectivity index (χ1) is 11.7. The standard InChI is InChI=1S/C20H25N3O/c1-15-6-5-7-16(10-15)12-22-20(24)17-11-19(14-21-13-17)23-18-8-3-2-4-9-18/h5-7,10-11,13-14,18,23H,2-4,8-9,12H2,1H3,(H,22,24). The van der Waals surface area contributed by atoms with Crippen molar-refractivity contribution in [3.05, 3.63) is 59.4 Å². The maximum absolute atomic E-state index is 12.4. The zero-order valence-corrected chi connectivity index (χ0v) is 14.2. The molecule has 1 aliphatic rings. The summed E-state index contributed by atoms with van der Waals surface area (Å²) in [5.74, 6) is -0.0868. The second-order valence-corrected chi connectivity index (χ2v) is 6.61. The fourth-order valence-electron chi connectivity index (χ4n) is 3.23. The first-order valence-corrected chi connectivity index (χ1v) is 8.76. The molecule has 0 spiro atoms. The second kappa shape index (κ2) is 7.95. The largest absolute Gasteiger partial charge is 0.381 e.